The van der Waals surface area contributed by atoms with E-state index >= 15 is 0 Å². The molecule has 2 N–H and O–H groups in total. The Bertz CT molecular complexity index is 906. The van der Waals surface area contributed by atoms with E-state index in [1.165, 1.54) is 11.1 Å². The summed E-state index contributed by atoms with van der Waals surface area (Å²) in [6, 6.07) is 6.13. The van der Waals surface area contributed by atoms with Gasteiger partial charge in [-0.25, -0.2) is 0 Å². The van der Waals surface area contributed by atoms with Crippen molar-refractivity contribution in [1.82, 2.24) is 15.2 Å². The maximum atomic E-state index is 12.7. The fraction of sp³-hybridized carbons (Fsp3) is 0.545. The Kier molecular flexibility index (Phi) is 7.64. The summed E-state index contributed by atoms with van der Waals surface area (Å²) >= 11 is 5.64. The Hall–Kier alpha value is -1.96. The zero-order valence-corrected chi connectivity index (χ0v) is 18.4. The lowest BCUT2D eigenvalue weighted by Crippen LogP contribution is -2.44. The average molecular weight is 418 g/mol. The summed E-state index contributed by atoms with van der Waals surface area (Å²) < 4.78 is 10.9. The number of aromatic amines is 1. The summed E-state index contributed by atoms with van der Waals surface area (Å²) in [6.07, 6.45) is 3.12. The van der Waals surface area contributed by atoms with Gasteiger partial charge < -0.3 is 24.7 Å². The molecule has 1 saturated heterocycles. The highest BCUT2D eigenvalue weighted by Gasteiger charge is 2.22. The lowest BCUT2D eigenvalue weighted by molar-refractivity contribution is 0.0896. The highest BCUT2D eigenvalue weighted by Crippen LogP contribution is 2.19. The molecule has 0 amide bonds. The predicted octanol–water partition coefficient (Wildman–Crippen LogP) is 3.04. The monoisotopic (exact) mass is 417 g/mol. The number of aryl methyl sites for hydroxylation is 2. The molecule has 0 saturated carbocycles. The first-order valence-corrected chi connectivity index (χ1v) is 10.6. The summed E-state index contributed by atoms with van der Waals surface area (Å²) in [5.74, 6) is 0. The molecule has 1 aromatic heterocycles. The van der Waals surface area contributed by atoms with E-state index < -0.39 is 0 Å². The molecule has 2 heterocycles. The van der Waals surface area contributed by atoms with Crippen molar-refractivity contribution in [2.45, 2.75) is 45.8 Å². The molecule has 158 valence electrons. The quantitative estimate of drug-likeness (QED) is 0.508. The van der Waals surface area contributed by atoms with Crippen molar-refractivity contribution in [2.75, 3.05) is 33.4 Å². The van der Waals surface area contributed by atoms with Gasteiger partial charge >= 0.3 is 0 Å². The third kappa shape index (κ3) is 5.78. The van der Waals surface area contributed by atoms with E-state index in [0.717, 1.165) is 43.3 Å². The highest BCUT2D eigenvalue weighted by atomic mass is 32.1. The molecule has 29 heavy (non-hydrogen) atoms. The number of benzene rings is 1. The first-order valence-electron chi connectivity index (χ1n) is 10.2. The van der Waals surface area contributed by atoms with Crippen LogP contribution in [0.4, 0.5) is 0 Å². The normalized spacial score (nSPS) is 16.3. The van der Waals surface area contributed by atoms with Crippen LogP contribution in [-0.2, 0) is 16.0 Å². The summed E-state index contributed by atoms with van der Waals surface area (Å²) in [5.41, 5.74) is 3.89. The smallest absolute Gasteiger partial charge is 0.253 e. The Labute approximate surface area is 177 Å². The number of hydrogen-bond donors (Lipinski definition) is 2. The van der Waals surface area contributed by atoms with Crippen LogP contribution in [0.15, 0.2) is 23.0 Å². The van der Waals surface area contributed by atoms with Crippen LogP contribution in [0.25, 0.3) is 10.9 Å². The molecule has 1 aromatic carbocycles. The number of hydrogen-bond acceptors (Lipinski definition) is 4. The second-order valence-electron chi connectivity index (χ2n) is 7.74. The van der Waals surface area contributed by atoms with Crippen LogP contribution in [0.1, 0.15) is 36.0 Å². The van der Waals surface area contributed by atoms with Crippen molar-refractivity contribution in [1.29, 1.82) is 0 Å². The topological polar surface area (TPSA) is 66.6 Å². The van der Waals surface area contributed by atoms with Crippen LogP contribution in [0, 0.1) is 13.8 Å². The van der Waals surface area contributed by atoms with Gasteiger partial charge in [0.15, 0.2) is 5.11 Å². The number of H-pyrrole nitrogens is 1. The minimum Gasteiger partial charge on any atom is -0.385 e. The molecule has 1 atom stereocenters. The van der Waals surface area contributed by atoms with E-state index in [2.05, 4.69) is 35.1 Å². The number of aromatic nitrogens is 1. The molecule has 1 aliphatic rings. The van der Waals surface area contributed by atoms with Crippen LogP contribution in [0.3, 0.4) is 0 Å². The molecule has 6 nitrogen and oxygen atoms in total. The first kappa shape index (κ1) is 21.7. The van der Waals surface area contributed by atoms with E-state index in [4.69, 9.17) is 21.7 Å². The summed E-state index contributed by atoms with van der Waals surface area (Å²) in [6.45, 7) is 7.49. The number of thiocarbonyl (C=S) groups is 1. The zero-order chi connectivity index (χ0) is 20.8. The molecule has 2 aromatic rings. The van der Waals surface area contributed by atoms with Crippen molar-refractivity contribution in [3.8, 4) is 0 Å². The second kappa shape index (κ2) is 10.2. The predicted molar refractivity (Wildman–Crippen MR) is 121 cm³/mol. The molecular formula is C22H31N3O3S. The first-order chi connectivity index (χ1) is 14.0. The third-order valence-corrected chi connectivity index (χ3v) is 5.84. The third-order valence-electron chi connectivity index (χ3n) is 5.43. The number of nitrogens with one attached hydrogen (secondary N) is 2. The van der Waals surface area contributed by atoms with Crippen molar-refractivity contribution in [3.63, 3.8) is 0 Å². The molecule has 3 rings (SSSR count). The number of methoxy groups -OCH3 is 1. The maximum absolute atomic E-state index is 12.7. The number of fused-ring (bicyclic) bond motifs is 1. The molecule has 1 aliphatic heterocycles. The van der Waals surface area contributed by atoms with E-state index in [9.17, 15) is 4.79 Å². The lowest BCUT2D eigenvalue weighted by Gasteiger charge is -2.28. The SMILES string of the molecule is COCCCNC(=S)N(Cc1cc2cc(C)c(C)cc2[nH]c1=O)C[C@@H]1CCCO1. The Morgan fingerprint density at radius 3 is 2.86 bits per heavy atom. The number of ether oxygens (including phenoxy) is 2. The van der Waals surface area contributed by atoms with Gasteiger partial charge in [-0.3, -0.25) is 4.79 Å². The van der Waals surface area contributed by atoms with Gasteiger partial charge in [0.1, 0.15) is 0 Å². The molecule has 0 bridgehead atoms. The van der Waals surface area contributed by atoms with Gasteiger partial charge in [-0.1, -0.05) is 0 Å². The standard InChI is InChI=1S/C22H31N3O3S/c1-15-10-17-12-18(21(26)24-20(17)11-16(15)2)13-25(14-19-6-4-9-28-19)22(29)23-7-5-8-27-3/h10-12,19H,4-9,13-14H2,1-3H3,(H,23,29)(H,24,26)/t19-/m0/s1. The van der Waals surface area contributed by atoms with Crippen LogP contribution in [0.2, 0.25) is 0 Å². The summed E-state index contributed by atoms with van der Waals surface area (Å²) in [7, 11) is 1.69. The molecule has 0 spiro atoms. The van der Waals surface area contributed by atoms with Crippen molar-refractivity contribution in [2.24, 2.45) is 0 Å². The van der Waals surface area contributed by atoms with Crippen LogP contribution in [-0.4, -0.2) is 54.5 Å². The van der Waals surface area contributed by atoms with E-state index in [0.29, 0.717) is 30.4 Å². The molecule has 0 unspecified atom stereocenters. The minimum absolute atomic E-state index is 0.0692. The molecular weight excluding hydrogens is 386 g/mol. The van der Waals surface area contributed by atoms with Gasteiger partial charge in [-0.15, -0.1) is 0 Å². The van der Waals surface area contributed by atoms with Crippen LogP contribution >= 0.6 is 12.2 Å². The van der Waals surface area contributed by atoms with Crippen LogP contribution in [0.5, 0.6) is 0 Å². The molecule has 0 radical (unpaired) electrons. The second-order valence-corrected chi connectivity index (χ2v) is 8.13. The number of nitrogens with zero attached hydrogens (tertiary/aromatic N) is 1. The minimum atomic E-state index is -0.0692. The Balaban J connectivity index is 1.79. The van der Waals surface area contributed by atoms with Gasteiger partial charge in [0, 0.05) is 44.5 Å². The van der Waals surface area contributed by atoms with Crippen LogP contribution < -0.4 is 10.9 Å². The summed E-state index contributed by atoms with van der Waals surface area (Å²) in [5, 5.41) is 4.98. The largest absolute Gasteiger partial charge is 0.385 e. The van der Waals surface area contributed by atoms with Crippen molar-refractivity contribution >= 4 is 28.2 Å². The average Bonchev–Trinajstić information content (AvgIpc) is 3.20. The van der Waals surface area contributed by atoms with Gasteiger partial charge in [0.2, 0.25) is 0 Å². The highest BCUT2D eigenvalue weighted by molar-refractivity contribution is 7.80. The molecule has 1 fully saturated rings. The Morgan fingerprint density at radius 2 is 2.14 bits per heavy atom. The van der Waals surface area contributed by atoms with Gasteiger partial charge in [0.25, 0.3) is 5.56 Å². The maximum Gasteiger partial charge on any atom is 0.253 e. The van der Waals surface area contributed by atoms with Gasteiger partial charge in [-0.2, -0.15) is 0 Å². The van der Waals surface area contributed by atoms with Gasteiger partial charge in [-0.05, 0) is 80.0 Å². The van der Waals surface area contributed by atoms with E-state index in [1.807, 2.05) is 12.1 Å². The fourth-order valence-corrected chi connectivity index (χ4v) is 3.86. The number of rotatable bonds is 8. The number of pyridine rings is 1. The lowest BCUT2D eigenvalue weighted by atomic mass is 10.0. The molecule has 0 aliphatic carbocycles. The van der Waals surface area contributed by atoms with Crippen molar-refractivity contribution in [3.05, 3.63) is 45.2 Å². The zero-order valence-electron chi connectivity index (χ0n) is 17.5. The molecule has 7 heteroatoms. The fourth-order valence-electron chi connectivity index (χ4n) is 3.62. The van der Waals surface area contributed by atoms with E-state index in [1.54, 1.807) is 7.11 Å². The van der Waals surface area contributed by atoms with Crippen molar-refractivity contribution < 1.29 is 9.47 Å². The summed E-state index contributed by atoms with van der Waals surface area (Å²) in [4.78, 5) is 17.8. The van der Waals surface area contributed by atoms with Gasteiger partial charge in [0.05, 0.1) is 12.6 Å². The Morgan fingerprint density at radius 1 is 1.34 bits per heavy atom. The van der Waals surface area contributed by atoms with E-state index in [-0.39, 0.29) is 11.7 Å².